The number of hydrogen-bond acceptors (Lipinski definition) is 6. The van der Waals surface area contributed by atoms with E-state index in [0.29, 0.717) is 18.4 Å². The molecule has 0 aromatic heterocycles. The lowest BCUT2D eigenvalue weighted by Crippen LogP contribution is -2.32. The third-order valence-corrected chi connectivity index (χ3v) is 6.56. The van der Waals surface area contributed by atoms with Gasteiger partial charge in [-0.15, -0.1) is 0 Å². The number of esters is 1. The quantitative estimate of drug-likeness (QED) is 0.216. The minimum Gasteiger partial charge on any atom is -0.478 e. The largest absolute Gasteiger partial charge is 0.478 e. The maximum atomic E-state index is 11.3. The number of aliphatic carboxylic acids is 1. The van der Waals surface area contributed by atoms with Gasteiger partial charge in [-0.3, -0.25) is 4.79 Å². The third kappa shape index (κ3) is 7.94. The first-order valence-electron chi connectivity index (χ1n) is 12.4. The molecule has 1 saturated carbocycles. The summed E-state index contributed by atoms with van der Waals surface area (Å²) in [5.41, 5.74) is 0.374. The van der Waals surface area contributed by atoms with Crippen LogP contribution in [0.25, 0.3) is 0 Å². The van der Waals surface area contributed by atoms with Gasteiger partial charge < -0.3 is 24.4 Å². The number of ether oxygens (including phenoxy) is 3. The van der Waals surface area contributed by atoms with E-state index in [4.69, 9.17) is 14.2 Å². The van der Waals surface area contributed by atoms with Crippen molar-refractivity contribution in [2.45, 2.75) is 116 Å². The molecule has 1 aliphatic carbocycles. The van der Waals surface area contributed by atoms with Crippen LogP contribution in [0.3, 0.4) is 0 Å². The first-order valence-corrected chi connectivity index (χ1v) is 12.4. The van der Waals surface area contributed by atoms with E-state index >= 15 is 0 Å². The molecule has 1 saturated heterocycles. The van der Waals surface area contributed by atoms with Gasteiger partial charge in [-0.1, -0.05) is 51.3 Å². The van der Waals surface area contributed by atoms with Gasteiger partial charge in [0.15, 0.2) is 5.79 Å². The van der Waals surface area contributed by atoms with E-state index in [-0.39, 0.29) is 24.0 Å². The van der Waals surface area contributed by atoms with Gasteiger partial charge in [0.1, 0.15) is 6.10 Å². The molecule has 1 unspecified atom stereocenters. The summed E-state index contributed by atoms with van der Waals surface area (Å²) in [5.74, 6) is -2.46. The molecule has 33 heavy (non-hydrogen) atoms. The van der Waals surface area contributed by atoms with Crippen molar-refractivity contribution in [2.24, 2.45) is 11.8 Å². The molecule has 1 heterocycles. The van der Waals surface area contributed by atoms with Gasteiger partial charge in [0.05, 0.1) is 12.2 Å². The fourth-order valence-corrected chi connectivity index (χ4v) is 4.99. The van der Waals surface area contributed by atoms with Crippen molar-refractivity contribution in [2.75, 3.05) is 0 Å². The van der Waals surface area contributed by atoms with E-state index in [0.717, 1.165) is 25.7 Å². The fourth-order valence-electron chi connectivity index (χ4n) is 4.99. The zero-order valence-electron chi connectivity index (χ0n) is 20.6. The van der Waals surface area contributed by atoms with Crippen LogP contribution >= 0.6 is 0 Å². The second kappa shape index (κ2) is 12.7. The van der Waals surface area contributed by atoms with Crippen molar-refractivity contribution >= 4 is 11.9 Å². The minimum atomic E-state index is -1.31. The Morgan fingerprint density at radius 2 is 1.82 bits per heavy atom. The molecule has 7 nitrogen and oxygen atoms in total. The zero-order chi connectivity index (χ0) is 24.6. The van der Waals surface area contributed by atoms with E-state index in [1.807, 2.05) is 13.8 Å². The van der Waals surface area contributed by atoms with Crippen molar-refractivity contribution in [3.8, 4) is 0 Å². The van der Waals surface area contributed by atoms with Gasteiger partial charge in [-0.25, -0.2) is 4.79 Å². The molecule has 1 aliphatic heterocycles. The molecule has 0 spiro atoms. The average molecular weight is 467 g/mol. The molecule has 2 N–H and O–H groups in total. The number of rotatable bonds is 14. The van der Waals surface area contributed by atoms with Crippen LogP contribution in [0.1, 0.15) is 85.5 Å². The van der Waals surface area contributed by atoms with Crippen LogP contribution in [0.4, 0.5) is 0 Å². The number of aliphatic hydroxyl groups excluding tert-OH is 1. The van der Waals surface area contributed by atoms with Crippen LogP contribution in [0.15, 0.2) is 24.3 Å². The highest BCUT2D eigenvalue weighted by Gasteiger charge is 2.57. The minimum absolute atomic E-state index is 0.0139. The van der Waals surface area contributed by atoms with Crippen LogP contribution < -0.4 is 0 Å². The highest BCUT2D eigenvalue weighted by Crippen LogP contribution is 2.47. The van der Waals surface area contributed by atoms with E-state index in [2.05, 4.69) is 25.7 Å². The lowest BCUT2D eigenvalue weighted by molar-refractivity contribution is -0.171. The molecule has 0 bridgehead atoms. The number of hydrogen-bond donors (Lipinski definition) is 2. The number of fused-ring (bicyclic) bond motifs is 1. The van der Waals surface area contributed by atoms with Gasteiger partial charge >= 0.3 is 11.9 Å². The predicted octanol–water partition coefficient (Wildman–Crippen LogP) is 4.77. The summed E-state index contributed by atoms with van der Waals surface area (Å²) in [4.78, 5) is 22.5. The lowest BCUT2D eigenvalue weighted by atomic mass is 9.87. The molecule has 0 aromatic rings. The number of carbonyl (C=O) groups excluding carboxylic acids is 1. The van der Waals surface area contributed by atoms with Gasteiger partial charge in [0, 0.05) is 12.8 Å². The molecule has 2 fully saturated rings. The summed E-state index contributed by atoms with van der Waals surface area (Å²) in [5, 5.41) is 20.3. The van der Waals surface area contributed by atoms with E-state index in [1.165, 1.54) is 26.2 Å². The summed E-state index contributed by atoms with van der Waals surface area (Å²) in [6.45, 7) is 11.0. The lowest BCUT2D eigenvalue weighted by Gasteiger charge is -2.27. The number of unbranched alkanes of at least 4 members (excludes halogenated alkanes) is 5. The molecule has 0 amide bonds. The van der Waals surface area contributed by atoms with Gasteiger partial charge in [0.25, 0.3) is 0 Å². The summed E-state index contributed by atoms with van der Waals surface area (Å²) in [6, 6.07) is 0. The van der Waals surface area contributed by atoms with Crippen molar-refractivity contribution in [1.82, 2.24) is 0 Å². The predicted molar refractivity (Wildman–Crippen MR) is 126 cm³/mol. The van der Waals surface area contributed by atoms with Crippen molar-refractivity contribution in [1.29, 1.82) is 0 Å². The first-order chi connectivity index (χ1) is 15.6. The summed E-state index contributed by atoms with van der Waals surface area (Å²) < 4.78 is 17.0. The Labute approximate surface area is 198 Å². The average Bonchev–Trinajstić information content (AvgIpc) is 3.17. The van der Waals surface area contributed by atoms with Crippen molar-refractivity contribution in [3.63, 3.8) is 0 Å². The maximum absolute atomic E-state index is 11.3. The number of allylic oxidation sites excluding steroid dienone is 1. The highest BCUT2D eigenvalue weighted by atomic mass is 16.8. The molecule has 2 rings (SSSR count). The number of aliphatic hydroxyl groups is 1. The summed E-state index contributed by atoms with van der Waals surface area (Å²) >= 11 is 0. The highest BCUT2D eigenvalue weighted by molar-refractivity contribution is 5.79. The molecule has 0 radical (unpaired) electrons. The Morgan fingerprint density at radius 3 is 2.45 bits per heavy atom. The summed E-state index contributed by atoms with van der Waals surface area (Å²) in [6.07, 6.45) is 10.6. The Hall–Kier alpha value is -1.70. The molecular weight excluding hydrogens is 424 g/mol. The van der Waals surface area contributed by atoms with Gasteiger partial charge in [-0.2, -0.15) is 0 Å². The Morgan fingerprint density at radius 1 is 1.12 bits per heavy atom. The fraction of sp³-hybridized carbons (Fsp3) is 0.769. The van der Waals surface area contributed by atoms with E-state index in [9.17, 15) is 19.8 Å². The normalized spacial score (nSPS) is 29.2. The second-order valence-electron chi connectivity index (χ2n) is 9.81. The molecule has 188 valence electrons. The van der Waals surface area contributed by atoms with Crippen LogP contribution in [0.5, 0.6) is 0 Å². The number of carbonyl (C=O) groups is 2. The Bertz CT molecular complexity index is 699. The van der Waals surface area contributed by atoms with Gasteiger partial charge in [-0.05, 0) is 57.4 Å². The van der Waals surface area contributed by atoms with Crippen LogP contribution in [0, 0.1) is 11.8 Å². The van der Waals surface area contributed by atoms with Crippen LogP contribution in [0.2, 0.25) is 0 Å². The third-order valence-electron chi connectivity index (χ3n) is 6.56. The second-order valence-corrected chi connectivity index (χ2v) is 9.81. The number of carboxylic acids is 1. The molecular formula is C26H42O7. The molecule has 2 aliphatic rings. The van der Waals surface area contributed by atoms with Crippen molar-refractivity contribution < 1.29 is 34.0 Å². The first kappa shape index (κ1) is 27.5. The number of carboxylic acid groups (broad SMARTS) is 1. The topological polar surface area (TPSA) is 102 Å². The zero-order valence-corrected chi connectivity index (χ0v) is 20.6. The smallest absolute Gasteiger partial charge is 0.349 e. The monoisotopic (exact) mass is 466 g/mol. The SMILES string of the molecule is C=C(CCCC[C@H]1[C@@H](O)[C@H]2OC(C)(C)O[C@H]2[C@@H]1C=CCCCCCC)C(OC(C)=O)C(=O)O. The Balaban J connectivity index is 1.92. The summed E-state index contributed by atoms with van der Waals surface area (Å²) in [7, 11) is 0. The Kier molecular flexibility index (Phi) is 10.6. The van der Waals surface area contributed by atoms with Crippen LogP contribution in [-0.2, 0) is 23.8 Å². The van der Waals surface area contributed by atoms with E-state index < -0.39 is 29.9 Å². The molecule has 0 aromatic carbocycles. The van der Waals surface area contributed by atoms with E-state index in [1.54, 1.807) is 0 Å². The maximum Gasteiger partial charge on any atom is 0.349 e. The molecule has 7 heteroatoms. The standard InChI is InChI=1S/C26H42O7/c1-6-7-8-9-10-11-16-20-19(21(28)24-23(20)32-26(4,5)33-24)15-13-12-14-17(2)22(25(29)30)31-18(3)27/h11,16,19-24,28H,2,6-10,12-15H2,1,3-5H3,(H,29,30)/t19-,20-,21-,22?,23+,24-/m1/s1. The molecule has 6 atom stereocenters. The van der Waals surface area contributed by atoms with Crippen molar-refractivity contribution in [3.05, 3.63) is 24.3 Å². The van der Waals surface area contributed by atoms with Crippen LogP contribution in [-0.4, -0.2) is 52.4 Å². The van der Waals surface area contributed by atoms with Gasteiger partial charge in [0.2, 0.25) is 6.10 Å².